The van der Waals surface area contributed by atoms with Crippen molar-refractivity contribution < 1.29 is 9.53 Å². The van der Waals surface area contributed by atoms with Crippen LogP contribution in [-0.2, 0) is 9.53 Å². The number of ether oxygens (including phenoxy) is 1. The van der Waals surface area contributed by atoms with Gasteiger partial charge in [0.1, 0.15) is 5.60 Å². The van der Waals surface area contributed by atoms with Gasteiger partial charge in [-0.15, -0.1) is 0 Å². The number of epoxide rings is 1. The molecule has 64 valence electrons. The van der Waals surface area contributed by atoms with Gasteiger partial charge in [-0.1, -0.05) is 0 Å². The van der Waals surface area contributed by atoms with Crippen LogP contribution >= 0.6 is 11.8 Å². The zero-order valence-electron chi connectivity index (χ0n) is 6.79. The van der Waals surface area contributed by atoms with Crippen LogP contribution in [0, 0.1) is 0 Å². The van der Waals surface area contributed by atoms with Gasteiger partial charge >= 0.3 is 0 Å². The molecule has 1 rings (SSSR count). The molecule has 2 atom stereocenters. The van der Waals surface area contributed by atoms with E-state index in [4.69, 9.17) is 10.5 Å². The normalized spacial score (nSPS) is 31.5. The lowest BCUT2D eigenvalue weighted by Crippen LogP contribution is -2.41. The number of hydrogen-bond acceptors (Lipinski definition) is 4. The molecule has 4 heteroatoms. The third-order valence-electron chi connectivity index (χ3n) is 1.78. The number of Topliss-reactive ketones (excluding diaryl/α,β-unsaturated/α-hetero) is 1. The molecule has 3 nitrogen and oxygen atoms in total. The molecule has 0 aromatic heterocycles. The number of ketones is 1. The average Bonchev–Trinajstić information content (AvgIpc) is 2.68. The van der Waals surface area contributed by atoms with Crippen molar-refractivity contribution in [3.8, 4) is 0 Å². The summed E-state index contributed by atoms with van der Waals surface area (Å²) in [5.74, 6) is 0.712. The highest BCUT2D eigenvalue weighted by Gasteiger charge is 2.48. The highest BCUT2D eigenvalue weighted by Crippen LogP contribution is 2.28. The highest BCUT2D eigenvalue weighted by molar-refractivity contribution is 7.98. The monoisotopic (exact) mass is 175 g/mol. The maximum Gasteiger partial charge on any atom is 0.184 e. The first-order valence-electron chi connectivity index (χ1n) is 3.53. The highest BCUT2D eigenvalue weighted by atomic mass is 32.2. The number of thioether (sulfide) groups is 1. The van der Waals surface area contributed by atoms with E-state index in [1.165, 1.54) is 0 Å². The van der Waals surface area contributed by atoms with Crippen molar-refractivity contribution in [1.82, 2.24) is 0 Å². The van der Waals surface area contributed by atoms with Crippen LogP contribution in [0.5, 0.6) is 0 Å². The molecule has 11 heavy (non-hydrogen) atoms. The van der Waals surface area contributed by atoms with Gasteiger partial charge in [-0.3, -0.25) is 4.79 Å². The summed E-state index contributed by atoms with van der Waals surface area (Å²) in [7, 11) is 0. The zero-order chi connectivity index (χ0) is 8.48. The van der Waals surface area contributed by atoms with Gasteiger partial charge in [-0.2, -0.15) is 11.8 Å². The molecule has 2 N–H and O–H groups in total. The average molecular weight is 175 g/mol. The molecule has 1 saturated heterocycles. The largest absolute Gasteiger partial charge is 0.362 e. The Hall–Kier alpha value is -0.0600. The van der Waals surface area contributed by atoms with E-state index in [-0.39, 0.29) is 11.8 Å². The summed E-state index contributed by atoms with van der Waals surface area (Å²) in [5.41, 5.74) is 5.06. The lowest BCUT2D eigenvalue weighted by molar-refractivity contribution is -0.124. The summed E-state index contributed by atoms with van der Waals surface area (Å²) in [6.45, 7) is 2.32. The Kier molecular flexibility index (Phi) is 2.57. The number of rotatable bonds is 4. The van der Waals surface area contributed by atoms with E-state index >= 15 is 0 Å². The standard InChI is InChI=1S/C7H13NO2S/c1-7(4-10-7)6(9)5(8)3-11-2/h5H,3-4,8H2,1-2H3. The fourth-order valence-electron chi connectivity index (χ4n) is 0.898. The minimum atomic E-state index is -0.546. The predicted molar refractivity (Wildman–Crippen MR) is 45.7 cm³/mol. The van der Waals surface area contributed by atoms with E-state index in [9.17, 15) is 4.79 Å². The second kappa shape index (κ2) is 3.13. The van der Waals surface area contributed by atoms with Crippen molar-refractivity contribution in [2.75, 3.05) is 18.6 Å². The lowest BCUT2D eigenvalue weighted by atomic mass is 10.0. The van der Waals surface area contributed by atoms with Crippen LogP contribution < -0.4 is 5.73 Å². The van der Waals surface area contributed by atoms with Crippen molar-refractivity contribution in [2.45, 2.75) is 18.6 Å². The molecule has 0 aliphatic carbocycles. The molecular formula is C7H13NO2S. The first-order valence-corrected chi connectivity index (χ1v) is 4.92. The van der Waals surface area contributed by atoms with Gasteiger partial charge in [0.15, 0.2) is 5.78 Å². The maximum absolute atomic E-state index is 11.4. The van der Waals surface area contributed by atoms with Gasteiger partial charge in [0.05, 0.1) is 12.6 Å². The lowest BCUT2D eigenvalue weighted by Gasteiger charge is -2.10. The van der Waals surface area contributed by atoms with Crippen molar-refractivity contribution in [3.05, 3.63) is 0 Å². The molecule has 0 bridgehead atoms. The van der Waals surface area contributed by atoms with Crippen LogP contribution in [0.15, 0.2) is 0 Å². The summed E-state index contributed by atoms with van der Waals surface area (Å²) in [4.78, 5) is 11.4. The topological polar surface area (TPSA) is 55.6 Å². The van der Waals surface area contributed by atoms with E-state index in [0.29, 0.717) is 12.4 Å². The fraction of sp³-hybridized carbons (Fsp3) is 0.857. The van der Waals surface area contributed by atoms with Crippen LogP contribution in [0.4, 0.5) is 0 Å². The fourth-order valence-corrected chi connectivity index (χ4v) is 1.41. The van der Waals surface area contributed by atoms with Crippen LogP contribution in [-0.4, -0.2) is 36.0 Å². The Balaban J connectivity index is 2.40. The molecule has 0 spiro atoms. The molecule has 0 saturated carbocycles. The molecule has 0 radical (unpaired) electrons. The molecule has 1 aliphatic rings. The Bertz CT molecular complexity index is 168. The van der Waals surface area contributed by atoms with E-state index in [2.05, 4.69) is 0 Å². The predicted octanol–water partition coefficient (Wildman–Crippen LogP) is 0.0347. The summed E-state index contributed by atoms with van der Waals surface area (Å²) >= 11 is 1.58. The van der Waals surface area contributed by atoms with Crippen LogP contribution in [0.2, 0.25) is 0 Å². The Morgan fingerprint density at radius 1 is 1.91 bits per heavy atom. The quantitative estimate of drug-likeness (QED) is 0.613. The molecule has 0 amide bonds. The summed E-state index contributed by atoms with van der Waals surface area (Å²) in [5, 5.41) is 0. The molecule has 0 aromatic carbocycles. The van der Waals surface area contributed by atoms with Gasteiger partial charge in [0.25, 0.3) is 0 Å². The molecule has 0 aromatic rings. The molecule has 1 fully saturated rings. The van der Waals surface area contributed by atoms with Crippen molar-refractivity contribution in [3.63, 3.8) is 0 Å². The van der Waals surface area contributed by atoms with Crippen molar-refractivity contribution in [1.29, 1.82) is 0 Å². The Morgan fingerprint density at radius 3 is 2.82 bits per heavy atom. The minimum Gasteiger partial charge on any atom is -0.362 e. The second-order valence-corrected chi connectivity index (χ2v) is 3.86. The van der Waals surface area contributed by atoms with E-state index in [0.717, 1.165) is 0 Å². The smallest absolute Gasteiger partial charge is 0.184 e. The summed E-state index contributed by atoms with van der Waals surface area (Å²) in [6.07, 6.45) is 1.93. The van der Waals surface area contributed by atoms with E-state index in [1.807, 2.05) is 6.26 Å². The Labute approximate surface area is 70.7 Å². The summed E-state index contributed by atoms with van der Waals surface area (Å²) in [6, 6.07) is -0.363. The van der Waals surface area contributed by atoms with Gasteiger partial charge in [-0.25, -0.2) is 0 Å². The molecule has 2 unspecified atom stereocenters. The second-order valence-electron chi connectivity index (χ2n) is 2.95. The number of nitrogens with two attached hydrogens (primary N) is 1. The van der Waals surface area contributed by atoms with Gasteiger partial charge in [0, 0.05) is 5.75 Å². The SMILES string of the molecule is CSCC(N)C(=O)C1(C)CO1. The first kappa shape index (κ1) is 9.03. The van der Waals surface area contributed by atoms with Gasteiger partial charge < -0.3 is 10.5 Å². The third kappa shape index (κ3) is 1.95. The number of carbonyl (C=O) groups excluding carboxylic acids is 1. The van der Waals surface area contributed by atoms with E-state index < -0.39 is 5.60 Å². The third-order valence-corrected chi connectivity index (χ3v) is 2.47. The first-order chi connectivity index (χ1) is 5.10. The van der Waals surface area contributed by atoms with Crippen molar-refractivity contribution >= 4 is 17.5 Å². The molecule has 1 heterocycles. The zero-order valence-corrected chi connectivity index (χ0v) is 7.61. The minimum absolute atomic E-state index is 0.0341. The van der Waals surface area contributed by atoms with E-state index in [1.54, 1.807) is 18.7 Å². The summed E-state index contributed by atoms with van der Waals surface area (Å²) < 4.78 is 4.99. The maximum atomic E-state index is 11.4. The molecular weight excluding hydrogens is 162 g/mol. The van der Waals surface area contributed by atoms with Crippen molar-refractivity contribution in [2.24, 2.45) is 5.73 Å². The molecule has 1 aliphatic heterocycles. The van der Waals surface area contributed by atoms with Crippen LogP contribution in [0.3, 0.4) is 0 Å². The number of carbonyl (C=O) groups is 1. The van der Waals surface area contributed by atoms with Gasteiger partial charge in [0.2, 0.25) is 0 Å². The van der Waals surface area contributed by atoms with Crippen LogP contribution in [0.25, 0.3) is 0 Å². The number of hydrogen-bond donors (Lipinski definition) is 1. The van der Waals surface area contributed by atoms with Gasteiger partial charge in [-0.05, 0) is 13.2 Å². The van der Waals surface area contributed by atoms with Crippen LogP contribution in [0.1, 0.15) is 6.92 Å². The Morgan fingerprint density at radius 2 is 2.45 bits per heavy atom.